The van der Waals surface area contributed by atoms with E-state index in [-0.39, 0.29) is 12.0 Å². The van der Waals surface area contributed by atoms with E-state index >= 15 is 0 Å². The molecule has 4 rings (SSSR count). The molecule has 0 spiro atoms. The van der Waals surface area contributed by atoms with Crippen LogP contribution in [0.2, 0.25) is 5.02 Å². The van der Waals surface area contributed by atoms with Gasteiger partial charge in [0.25, 0.3) is 0 Å². The van der Waals surface area contributed by atoms with Gasteiger partial charge in [0.1, 0.15) is 0 Å². The molecule has 0 saturated carbocycles. The van der Waals surface area contributed by atoms with Gasteiger partial charge in [0.15, 0.2) is 0 Å². The molecule has 1 saturated heterocycles. The first kappa shape index (κ1) is 19.2. The molecule has 28 heavy (non-hydrogen) atoms. The molecule has 0 unspecified atom stereocenters. The molecule has 1 aromatic heterocycles. The monoisotopic (exact) mass is 395 g/mol. The van der Waals surface area contributed by atoms with Gasteiger partial charge in [-0.05, 0) is 43.5 Å². The van der Waals surface area contributed by atoms with Crippen LogP contribution in [0.15, 0.2) is 67.0 Å². The van der Waals surface area contributed by atoms with Crippen LogP contribution in [0.4, 0.5) is 0 Å². The molecule has 5 heteroatoms. The molecule has 4 nitrogen and oxygen atoms in total. The van der Waals surface area contributed by atoms with Gasteiger partial charge in [-0.1, -0.05) is 54.1 Å². The third-order valence-corrected chi connectivity index (χ3v) is 5.96. The van der Waals surface area contributed by atoms with Crippen LogP contribution in [0.3, 0.4) is 0 Å². The lowest BCUT2D eigenvalue weighted by atomic mass is 9.75. The lowest BCUT2D eigenvalue weighted by molar-refractivity contribution is 0.0288. The first-order valence-electron chi connectivity index (χ1n) is 9.83. The summed E-state index contributed by atoms with van der Waals surface area (Å²) < 4.78 is 1.84. The van der Waals surface area contributed by atoms with Crippen LogP contribution in [0.1, 0.15) is 24.0 Å². The Kier molecular flexibility index (Phi) is 5.81. The van der Waals surface area contributed by atoms with Crippen molar-refractivity contribution in [1.82, 2.24) is 14.7 Å². The predicted octanol–water partition coefficient (Wildman–Crippen LogP) is 4.34. The highest BCUT2D eigenvalue weighted by Crippen LogP contribution is 2.34. The lowest BCUT2D eigenvalue weighted by Crippen LogP contribution is -2.46. The van der Waals surface area contributed by atoms with E-state index in [0.29, 0.717) is 5.02 Å². The molecular formula is C23H26ClN3O. The molecule has 0 amide bonds. The minimum Gasteiger partial charge on any atom is -0.396 e. The van der Waals surface area contributed by atoms with Crippen molar-refractivity contribution in [1.29, 1.82) is 0 Å². The van der Waals surface area contributed by atoms with Crippen molar-refractivity contribution >= 4 is 11.6 Å². The van der Waals surface area contributed by atoms with Gasteiger partial charge in [0, 0.05) is 30.3 Å². The summed E-state index contributed by atoms with van der Waals surface area (Å²) in [4.78, 5) is 2.44. The largest absolute Gasteiger partial charge is 0.396 e. The lowest BCUT2D eigenvalue weighted by Gasteiger charge is -2.42. The zero-order chi connectivity index (χ0) is 19.4. The molecule has 2 heterocycles. The number of hydrogen-bond donors (Lipinski definition) is 1. The van der Waals surface area contributed by atoms with Crippen molar-refractivity contribution in [3.63, 3.8) is 0 Å². The van der Waals surface area contributed by atoms with E-state index in [1.54, 1.807) is 0 Å². The Labute approximate surface area is 171 Å². The fraction of sp³-hybridized carbons (Fsp3) is 0.348. The number of piperidine rings is 1. The molecule has 0 aliphatic carbocycles. The van der Waals surface area contributed by atoms with Gasteiger partial charge in [-0.2, -0.15) is 5.10 Å². The van der Waals surface area contributed by atoms with E-state index in [4.69, 9.17) is 11.6 Å². The minimum atomic E-state index is -0.0711. The summed E-state index contributed by atoms with van der Waals surface area (Å²) in [5.74, 6) is 0. The van der Waals surface area contributed by atoms with Crippen LogP contribution in [0, 0.1) is 5.41 Å². The maximum atomic E-state index is 10.2. The quantitative estimate of drug-likeness (QED) is 0.674. The smallest absolute Gasteiger partial charge is 0.0831 e. The summed E-state index contributed by atoms with van der Waals surface area (Å²) in [6.45, 7) is 3.00. The van der Waals surface area contributed by atoms with Crippen LogP contribution in [-0.4, -0.2) is 39.5 Å². The summed E-state index contributed by atoms with van der Waals surface area (Å²) in [7, 11) is 0. The van der Waals surface area contributed by atoms with E-state index < -0.39 is 0 Å². The second kappa shape index (κ2) is 8.48. The second-order valence-corrected chi connectivity index (χ2v) is 8.29. The van der Waals surface area contributed by atoms with E-state index in [2.05, 4.69) is 34.3 Å². The predicted molar refractivity (Wildman–Crippen MR) is 113 cm³/mol. The van der Waals surface area contributed by atoms with Crippen LogP contribution < -0.4 is 0 Å². The van der Waals surface area contributed by atoms with Crippen molar-refractivity contribution in [3.8, 4) is 5.69 Å². The topological polar surface area (TPSA) is 41.3 Å². The molecule has 1 fully saturated rings. The SMILES string of the molecule is OC[C@]1(Cc2ccccc2)CCCN(Cc2cnn(-c3ccccc3Cl)c2)C1. The van der Waals surface area contributed by atoms with Crippen LogP contribution in [-0.2, 0) is 13.0 Å². The number of aliphatic hydroxyl groups excluding tert-OH is 1. The first-order chi connectivity index (χ1) is 13.7. The van der Waals surface area contributed by atoms with E-state index in [1.165, 1.54) is 5.56 Å². The molecule has 1 N–H and O–H groups in total. The molecule has 0 radical (unpaired) electrons. The van der Waals surface area contributed by atoms with Gasteiger partial charge in [0.05, 0.1) is 23.5 Å². The Hall–Kier alpha value is -2.14. The molecule has 146 valence electrons. The van der Waals surface area contributed by atoms with E-state index in [9.17, 15) is 5.11 Å². The summed E-state index contributed by atoms with van der Waals surface area (Å²) in [6, 6.07) is 18.2. The fourth-order valence-corrected chi connectivity index (χ4v) is 4.49. The standard InChI is InChI=1S/C23H26ClN3O/c24-21-9-4-5-10-22(21)27-16-20(14-25-27)15-26-12-6-11-23(17-26,18-28)13-19-7-2-1-3-8-19/h1-5,7-10,14,16,28H,6,11-13,15,17-18H2/t23-/m0/s1. The van der Waals surface area contributed by atoms with E-state index in [1.807, 2.05) is 47.4 Å². The summed E-state index contributed by atoms with van der Waals surface area (Å²) in [5, 5.41) is 15.4. The number of aromatic nitrogens is 2. The molecule has 1 aliphatic rings. The number of aliphatic hydroxyl groups is 1. The van der Waals surface area contributed by atoms with Crippen molar-refractivity contribution in [2.75, 3.05) is 19.7 Å². The van der Waals surface area contributed by atoms with Crippen molar-refractivity contribution in [2.24, 2.45) is 5.41 Å². The number of hydrogen-bond acceptors (Lipinski definition) is 3. The third-order valence-electron chi connectivity index (χ3n) is 5.64. The van der Waals surface area contributed by atoms with Gasteiger partial charge < -0.3 is 5.11 Å². The third kappa shape index (κ3) is 4.30. The summed E-state index contributed by atoms with van der Waals surface area (Å²) in [6.07, 6.45) is 7.04. The summed E-state index contributed by atoms with van der Waals surface area (Å²) >= 11 is 6.29. The van der Waals surface area contributed by atoms with Gasteiger partial charge in [0.2, 0.25) is 0 Å². The highest BCUT2D eigenvalue weighted by Gasteiger charge is 2.35. The minimum absolute atomic E-state index is 0.0711. The zero-order valence-electron chi connectivity index (χ0n) is 16.0. The Morgan fingerprint density at radius 2 is 1.82 bits per heavy atom. The van der Waals surface area contributed by atoms with Crippen molar-refractivity contribution in [3.05, 3.63) is 83.1 Å². The van der Waals surface area contributed by atoms with Crippen LogP contribution in [0.25, 0.3) is 5.69 Å². The van der Waals surface area contributed by atoms with Crippen molar-refractivity contribution in [2.45, 2.75) is 25.8 Å². The maximum absolute atomic E-state index is 10.2. The van der Waals surface area contributed by atoms with Gasteiger partial charge in [-0.3, -0.25) is 4.90 Å². The van der Waals surface area contributed by atoms with Gasteiger partial charge in [-0.25, -0.2) is 4.68 Å². The average Bonchev–Trinajstić information content (AvgIpc) is 3.17. The first-order valence-corrected chi connectivity index (χ1v) is 10.2. The fourth-order valence-electron chi connectivity index (χ4n) is 4.27. The highest BCUT2D eigenvalue weighted by molar-refractivity contribution is 6.32. The number of rotatable bonds is 6. The zero-order valence-corrected chi connectivity index (χ0v) is 16.7. The molecule has 1 atom stereocenters. The average molecular weight is 396 g/mol. The number of likely N-dealkylation sites (tertiary alicyclic amines) is 1. The Morgan fingerprint density at radius 1 is 1.04 bits per heavy atom. The highest BCUT2D eigenvalue weighted by atomic mass is 35.5. The number of nitrogens with zero attached hydrogens (tertiary/aromatic N) is 3. The maximum Gasteiger partial charge on any atom is 0.0831 e. The van der Waals surface area contributed by atoms with Crippen LogP contribution in [0.5, 0.6) is 0 Å². The molecule has 3 aromatic rings. The van der Waals surface area contributed by atoms with E-state index in [0.717, 1.165) is 50.1 Å². The molecule has 1 aliphatic heterocycles. The second-order valence-electron chi connectivity index (χ2n) is 7.88. The number of para-hydroxylation sites is 1. The Morgan fingerprint density at radius 3 is 2.61 bits per heavy atom. The number of benzene rings is 2. The molecular weight excluding hydrogens is 370 g/mol. The van der Waals surface area contributed by atoms with Crippen LogP contribution >= 0.6 is 11.6 Å². The normalized spacial score (nSPS) is 20.4. The van der Waals surface area contributed by atoms with Gasteiger partial charge in [-0.15, -0.1) is 0 Å². The molecule has 2 aromatic carbocycles. The van der Waals surface area contributed by atoms with Crippen molar-refractivity contribution < 1.29 is 5.11 Å². The summed E-state index contributed by atoms with van der Waals surface area (Å²) in [5.41, 5.74) is 3.28. The Balaban J connectivity index is 1.46. The molecule has 0 bridgehead atoms. The van der Waals surface area contributed by atoms with Gasteiger partial charge >= 0.3 is 0 Å². The Bertz CT molecular complexity index is 911. The number of halogens is 1.